The molecule has 1 saturated heterocycles. The van der Waals surface area contributed by atoms with Crippen molar-refractivity contribution >= 4 is 21.6 Å². The molecule has 1 aromatic heterocycles. The van der Waals surface area contributed by atoms with Crippen LogP contribution in [0, 0.1) is 0 Å². The number of rotatable bonds is 1. The molecule has 1 aliphatic rings. The average Bonchev–Trinajstić information content (AvgIpc) is 2.81. The summed E-state index contributed by atoms with van der Waals surface area (Å²) in [7, 11) is 2.05. The number of hydrogen-bond acceptors (Lipinski definition) is 4. The van der Waals surface area contributed by atoms with Crippen molar-refractivity contribution < 1.29 is 5.11 Å². The van der Waals surface area contributed by atoms with Crippen molar-refractivity contribution in [3.63, 3.8) is 0 Å². The van der Waals surface area contributed by atoms with Gasteiger partial charge in [0, 0.05) is 6.54 Å². The molecule has 2 unspecified atom stereocenters. The molecule has 0 radical (unpaired) electrons. The monoisotopic (exact) mass is 234 g/mol. The first kappa shape index (κ1) is 10.2. The topological polar surface area (TPSA) is 36.4 Å². The molecule has 1 aromatic carbocycles. The molecule has 4 heteroatoms. The van der Waals surface area contributed by atoms with Crippen LogP contribution in [0.1, 0.15) is 17.5 Å². The van der Waals surface area contributed by atoms with E-state index in [1.165, 1.54) is 4.70 Å². The maximum absolute atomic E-state index is 9.64. The van der Waals surface area contributed by atoms with Crippen LogP contribution in [0.3, 0.4) is 0 Å². The number of thiazole rings is 1. The lowest BCUT2D eigenvalue weighted by Gasteiger charge is -2.15. The fraction of sp³-hybridized carbons (Fsp3) is 0.417. The van der Waals surface area contributed by atoms with E-state index in [0.29, 0.717) is 0 Å². The third-order valence-corrected chi connectivity index (χ3v) is 4.26. The normalized spacial score (nSPS) is 26.6. The largest absolute Gasteiger partial charge is 0.392 e. The first-order valence-electron chi connectivity index (χ1n) is 5.48. The molecule has 0 aliphatic carbocycles. The van der Waals surface area contributed by atoms with Gasteiger partial charge >= 0.3 is 0 Å². The van der Waals surface area contributed by atoms with Crippen LogP contribution in [-0.2, 0) is 0 Å². The summed E-state index contributed by atoms with van der Waals surface area (Å²) < 4.78 is 1.23. The van der Waals surface area contributed by atoms with Gasteiger partial charge in [0.15, 0.2) is 0 Å². The number of benzene rings is 1. The standard InChI is InChI=1S/C12H14N2OS/c1-14-7-8(15)6-10(14)12-13-9-4-2-3-5-11(9)16-12/h2-5,8,10,15H,6-7H2,1H3. The number of fused-ring (bicyclic) bond motifs is 1. The Bertz CT molecular complexity index is 477. The van der Waals surface area contributed by atoms with Gasteiger partial charge in [0.25, 0.3) is 0 Å². The van der Waals surface area contributed by atoms with Gasteiger partial charge in [-0.2, -0.15) is 0 Å². The minimum absolute atomic E-state index is 0.206. The van der Waals surface area contributed by atoms with E-state index in [4.69, 9.17) is 0 Å². The SMILES string of the molecule is CN1CC(O)CC1c1nc2ccccc2s1. The fourth-order valence-electron chi connectivity index (χ4n) is 2.29. The molecule has 3 nitrogen and oxygen atoms in total. The lowest BCUT2D eigenvalue weighted by molar-refractivity contribution is 0.182. The van der Waals surface area contributed by atoms with Crippen molar-refractivity contribution in [2.75, 3.05) is 13.6 Å². The van der Waals surface area contributed by atoms with Crippen molar-refractivity contribution in [2.45, 2.75) is 18.6 Å². The number of aromatic nitrogens is 1. The molecule has 1 N–H and O–H groups in total. The molecule has 0 saturated carbocycles. The molecule has 2 atom stereocenters. The number of likely N-dealkylation sites (tertiary alicyclic amines) is 1. The van der Waals surface area contributed by atoms with E-state index >= 15 is 0 Å². The number of β-amino-alcohol motifs (C(OH)–C–C–N with tert-alkyl or cyclic N) is 1. The van der Waals surface area contributed by atoms with Crippen molar-refractivity contribution in [1.82, 2.24) is 9.88 Å². The Balaban J connectivity index is 2.00. The quantitative estimate of drug-likeness (QED) is 0.820. The summed E-state index contributed by atoms with van der Waals surface area (Å²) in [4.78, 5) is 6.83. The van der Waals surface area contributed by atoms with Crippen molar-refractivity contribution in [3.05, 3.63) is 29.3 Å². The van der Waals surface area contributed by atoms with Crippen LogP contribution >= 0.6 is 11.3 Å². The van der Waals surface area contributed by atoms with Gasteiger partial charge in [-0.05, 0) is 25.6 Å². The minimum Gasteiger partial charge on any atom is -0.392 e. The summed E-state index contributed by atoms with van der Waals surface area (Å²) >= 11 is 1.74. The Hall–Kier alpha value is -0.970. The zero-order valence-corrected chi connectivity index (χ0v) is 9.94. The number of nitrogens with zero attached hydrogens (tertiary/aromatic N) is 2. The van der Waals surface area contributed by atoms with E-state index in [-0.39, 0.29) is 12.1 Å². The van der Waals surface area contributed by atoms with Gasteiger partial charge in [0.1, 0.15) is 5.01 Å². The van der Waals surface area contributed by atoms with E-state index in [2.05, 4.69) is 16.0 Å². The number of aliphatic hydroxyl groups excluding tert-OH is 1. The molecule has 0 bridgehead atoms. The second kappa shape index (κ2) is 3.80. The summed E-state index contributed by atoms with van der Waals surface area (Å²) in [5.74, 6) is 0. The van der Waals surface area contributed by atoms with Crippen molar-refractivity contribution in [2.24, 2.45) is 0 Å². The molecule has 3 rings (SSSR count). The second-order valence-electron chi connectivity index (χ2n) is 4.36. The average molecular weight is 234 g/mol. The number of hydrogen-bond donors (Lipinski definition) is 1. The Morgan fingerprint density at radius 3 is 2.94 bits per heavy atom. The molecule has 0 spiro atoms. The van der Waals surface area contributed by atoms with Gasteiger partial charge in [0.2, 0.25) is 0 Å². The van der Waals surface area contributed by atoms with E-state index in [1.807, 2.05) is 25.2 Å². The maximum Gasteiger partial charge on any atom is 0.111 e. The van der Waals surface area contributed by atoms with Crippen LogP contribution < -0.4 is 0 Å². The highest BCUT2D eigenvalue weighted by molar-refractivity contribution is 7.18. The van der Waals surface area contributed by atoms with Gasteiger partial charge in [-0.1, -0.05) is 12.1 Å². The molecule has 2 heterocycles. The first-order chi connectivity index (χ1) is 7.74. The van der Waals surface area contributed by atoms with E-state index in [0.717, 1.165) is 23.5 Å². The maximum atomic E-state index is 9.64. The first-order valence-corrected chi connectivity index (χ1v) is 6.29. The molecule has 2 aromatic rings. The zero-order chi connectivity index (χ0) is 11.1. The summed E-state index contributed by atoms with van der Waals surface area (Å²) in [5, 5.41) is 10.8. The van der Waals surface area contributed by atoms with Gasteiger partial charge in [-0.15, -0.1) is 11.3 Å². The Morgan fingerprint density at radius 1 is 1.44 bits per heavy atom. The predicted octanol–water partition coefficient (Wildman–Crippen LogP) is 2.03. The lowest BCUT2D eigenvalue weighted by atomic mass is 10.2. The molecule has 16 heavy (non-hydrogen) atoms. The van der Waals surface area contributed by atoms with Crippen molar-refractivity contribution in [1.29, 1.82) is 0 Å². The van der Waals surface area contributed by atoms with Gasteiger partial charge < -0.3 is 5.11 Å². The molecule has 1 fully saturated rings. The van der Waals surface area contributed by atoms with Crippen LogP contribution in [0.2, 0.25) is 0 Å². The second-order valence-corrected chi connectivity index (χ2v) is 5.43. The van der Waals surface area contributed by atoms with Crippen molar-refractivity contribution in [3.8, 4) is 0 Å². The highest BCUT2D eigenvalue weighted by atomic mass is 32.1. The Kier molecular flexibility index (Phi) is 2.42. The summed E-state index contributed by atoms with van der Waals surface area (Å²) in [6, 6.07) is 8.48. The van der Waals surface area contributed by atoms with E-state index in [1.54, 1.807) is 11.3 Å². The summed E-state index contributed by atoms with van der Waals surface area (Å²) in [6.07, 6.45) is 0.595. The third kappa shape index (κ3) is 1.63. The fourth-order valence-corrected chi connectivity index (χ4v) is 3.44. The van der Waals surface area contributed by atoms with Gasteiger partial charge in [-0.3, -0.25) is 4.90 Å². The highest BCUT2D eigenvalue weighted by Crippen LogP contribution is 2.35. The zero-order valence-electron chi connectivity index (χ0n) is 9.13. The van der Waals surface area contributed by atoms with E-state index < -0.39 is 0 Å². The predicted molar refractivity (Wildman–Crippen MR) is 65.6 cm³/mol. The van der Waals surface area contributed by atoms with Crippen LogP contribution in [0.5, 0.6) is 0 Å². The summed E-state index contributed by atoms with van der Waals surface area (Å²) in [6.45, 7) is 0.751. The Morgan fingerprint density at radius 2 is 2.25 bits per heavy atom. The van der Waals surface area contributed by atoms with Crippen LogP contribution in [-0.4, -0.2) is 34.7 Å². The summed E-state index contributed by atoms with van der Waals surface area (Å²) in [5.41, 5.74) is 1.07. The number of para-hydroxylation sites is 1. The number of likely N-dealkylation sites (N-methyl/N-ethyl adjacent to an activating group) is 1. The highest BCUT2D eigenvalue weighted by Gasteiger charge is 2.31. The van der Waals surface area contributed by atoms with Gasteiger partial charge in [-0.25, -0.2) is 4.98 Å². The minimum atomic E-state index is -0.206. The van der Waals surface area contributed by atoms with E-state index in [9.17, 15) is 5.11 Å². The van der Waals surface area contributed by atoms with Crippen LogP contribution in [0.15, 0.2) is 24.3 Å². The molecule has 84 valence electrons. The molecule has 0 amide bonds. The van der Waals surface area contributed by atoms with Crippen LogP contribution in [0.4, 0.5) is 0 Å². The Labute approximate surface area is 98.3 Å². The number of aliphatic hydroxyl groups is 1. The molecule has 1 aliphatic heterocycles. The van der Waals surface area contributed by atoms with Gasteiger partial charge in [0.05, 0.1) is 22.4 Å². The van der Waals surface area contributed by atoms with Crippen LogP contribution in [0.25, 0.3) is 10.2 Å². The molecular formula is C12H14N2OS. The lowest BCUT2D eigenvalue weighted by Crippen LogP contribution is -2.19. The molecular weight excluding hydrogens is 220 g/mol. The smallest absolute Gasteiger partial charge is 0.111 e. The third-order valence-electron chi connectivity index (χ3n) is 3.12.